The Kier molecular flexibility index (Phi) is 1.96. The first-order chi connectivity index (χ1) is 6.27. The number of hydrogen-bond donors (Lipinski definition) is 2. The van der Waals surface area contributed by atoms with Gasteiger partial charge >= 0.3 is 0 Å². The quantitative estimate of drug-likeness (QED) is 0.717. The monoisotopic (exact) mass is 180 g/mol. The number of nitrogens with one attached hydrogen (secondary N) is 1. The van der Waals surface area contributed by atoms with Crippen molar-refractivity contribution in [3.8, 4) is 0 Å². The predicted octanol–water partition coefficient (Wildman–Crippen LogP) is 1.14. The van der Waals surface area contributed by atoms with Gasteiger partial charge in [-0.05, 0) is 25.3 Å². The number of carbonyl (C=O) groups is 1. The van der Waals surface area contributed by atoms with Crippen LogP contribution in [0.25, 0.3) is 0 Å². The van der Waals surface area contributed by atoms with E-state index in [1.807, 2.05) is 0 Å². The summed E-state index contributed by atoms with van der Waals surface area (Å²) in [7, 11) is 0. The lowest BCUT2D eigenvalue weighted by atomic mass is 9.93. The molecule has 1 aliphatic carbocycles. The van der Waals surface area contributed by atoms with E-state index < -0.39 is 0 Å². The molecule has 0 atom stereocenters. The predicted molar refractivity (Wildman–Crippen MR) is 48.2 cm³/mol. The fourth-order valence-corrected chi connectivity index (χ4v) is 1.32. The summed E-state index contributed by atoms with van der Waals surface area (Å²) in [5.74, 6) is 0.0628. The number of carbonyl (C=O) groups excluding carboxylic acids is 1. The number of nitrogens with two attached hydrogens (primary N) is 1. The summed E-state index contributed by atoms with van der Waals surface area (Å²) < 4.78 is 4.84. The minimum Gasteiger partial charge on any atom is -0.448 e. The highest BCUT2D eigenvalue weighted by Gasteiger charge is 2.21. The van der Waals surface area contributed by atoms with Gasteiger partial charge in [-0.25, -0.2) is 0 Å². The average molecular weight is 180 g/mol. The molecule has 2 rings (SSSR count). The molecule has 0 bridgehead atoms. The van der Waals surface area contributed by atoms with Crippen LogP contribution in [0.4, 0.5) is 5.88 Å². The van der Waals surface area contributed by atoms with Gasteiger partial charge in [0.2, 0.25) is 5.88 Å². The number of amides is 1. The van der Waals surface area contributed by atoms with E-state index in [0.717, 1.165) is 12.8 Å². The van der Waals surface area contributed by atoms with Crippen LogP contribution in [0.1, 0.15) is 29.6 Å². The molecule has 1 fully saturated rings. The molecule has 0 radical (unpaired) electrons. The molecule has 1 amide bonds. The molecule has 0 spiro atoms. The molecule has 3 N–H and O–H groups in total. The summed E-state index contributed by atoms with van der Waals surface area (Å²) >= 11 is 0. The van der Waals surface area contributed by atoms with Crippen molar-refractivity contribution < 1.29 is 9.21 Å². The maximum atomic E-state index is 11.5. The van der Waals surface area contributed by atoms with Crippen molar-refractivity contribution in [2.45, 2.75) is 25.3 Å². The number of anilines is 1. The molecular weight excluding hydrogens is 168 g/mol. The van der Waals surface area contributed by atoms with Crippen LogP contribution in [0.15, 0.2) is 16.7 Å². The minimum atomic E-state index is -0.129. The SMILES string of the molecule is Nc1occc1C(=O)NC1CCC1. The Morgan fingerprint density at radius 2 is 2.38 bits per heavy atom. The van der Waals surface area contributed by atoms with Crippen molar-refractivity contribution in [2.24, 2.45) is 0 Å². The molecule has 4 heteroatoms. The maximum Gasteiger partial charge on any atom is 0.257 e. The van der Waals surface area contributed by atoms with E-state index in [0.29, 0.717) is 11.6 Å². The summed E-state index contributed by atoms with van der Waals surface area (Å²) in [6, 6.07) is 1.92. The van der Waals surface area contributed by atoms with E-state index in [1.54, 1.807) is 6.07 Å². The van der Waals surface area contributed by atoms with Crippen molar-refractivity contribution in [1.82, 2.24) is 5.32 Å². The largest absolute Gasteiger partial charge is 0.448 e. The van der Waals surface area contributed by atoms with Crippen LogP contribution in [0.3, 0.4) is 0 Å². The summed E-state index contributed by atoms with van der Waals surface area (Å²) in [5, 5.41) is 2.88. The van der Waals surface area contributed by atoms with Crippen LogP contribution < -0.4 is 11.1 Å². The second kappa shape index (κ2) is 3.12. The first kappa shape index (κ1) is 8.16. The van der Waals surface area contributed by atoms with Gasteiger partial charge in [0.15, 0.2) is 0 Å². The fourth-order valence-electron chi connectivity index (χ4n) is 1.32. The highest BCUT2D eigenvalue weighted by Crippen LogP contribution is 2.19. The summed E-state index contributed by atoms with van der Waals surface area (Å²) in [6.07, 6.45) is 4.77. The van der Waals surface area contributed by atoms with Crippen LogP contribution in [-0.2, 0) is 0 Å². The zero-order chi connectivity index (χ0) is 9.26. The molecule has 0 aliphatic heterocycles. The van der Waals surface area contributed by atoms with E-state index in [2.05, 4.69) is 5.32 Å². The lowest BCUT2D eigenvalue weighted by molar-refractivity contribution is 0.0917. The van der Waals surface area contributed by atoms with Gasteiger partial charge in [0.25, 0.3) is 5.91 Å². The number of furan rings is 1. The second-order valence-electron chi connectivity index (χ2n) is 3.30. The van der Waals surface area contributed by atoms with Gasteiger partial charge in [0.05, 0.1) is 6.26 Å². The van der Waals surface area contributed by atoms with Gasteiger partial charge in [-0.1, -0.05) is 0 Å². The molecule has 13 heavy (non-hydrogen) atoms. The summed E-state index contributed by atoms with van der Waals surface area (Å²) in [4.78, 5) is 11.5. The van der Waals surface area contributed by atoms with Crippen LogP contribution in [0.5, 0.6) is 0 Å². The van der Waals surface area contributed by atoms with E-state index >= 15 is 0 Å². The zero-order valence-electron chi connectivity index (χ0n) is 7.25. The standard InChI is InChI=1S/C9H12N2O2/c10-8-7(4-5-13-8)9(12)11-6-2-1-3-6/h4-6H,1-3,10H2,(H,11,12). The van der Waals surface area contributed by atoms with E-state index in [9.17, 15) is 4.79 Å². The fraction of sp³-hybridized carbons (Fsp3) is 0.444. The van der Waals surface area contributed by atoms with Crippen molar-refractivity contribution >= 4 is 11.8 Å². The van der Waals surface area contributed by atoms with Gasteiger partial charge in [0.1, 0.15) is 5.56 Å². The topological polar surface area (TPSA) is 68.3 Å². The third-order valence-electron chi connectivity index (χ3n) is 2.38. The Morgan fingerprint density at radius 3 is 2.85 bits per heavy atom. The van der Waals surface area contributed by atoms with Gasteiger partial charge in [0, 0.05) is 6.04 Å². The van der Waals surface area contributed by atoms with Crippen LogP contribution >= 0.6 is 0 Å². The van der Waals surface area contributed by atoms with Crippen LogP contribution in [0.2, 0.25) is 0 Å². The lowest BCUT2D eigenvalue weighted by Crippen LogP contribution is -2.39. The first-order valence-corrected chi connectivity index (χ1v) is 4.41. The molecule has 0 saturated heterocycles. The minimum absolute atomic E-state index is 0.129. The Morgan fingerprint density at radius 1 is 1.62 bits per heavy atom. The highest BCUT2D eigenvalue weighted by atomic mass is 16.3. The van der Waals surface area contributed by atoms with E-state index in [4.69, 9.17) is 10.2 Å². The third kappa shape index (κ3) is 1.52. The Balaban J connectivity index is 2.00. The first-order valence-electron chi connectivity index (χ1n) is 4.41. The normalized spacial score (nSPS) is 16.6. The van der Waals surface area contributed by atoms with Crippen molar-refractivity contribution in [2.75, 3.05) is 5.73 Å². The van der Waals surface area contributed by atoms with E-state index in [-0.39, 0.29) is 11.8 Å². The Hall–Kier alpha value is -1.45. The molecule has 1 aromatic rings. The smallest absolute Gasteiger partial charge is 0.257 e. The number of rotatable bonds is 2. The molecular formula is C9H12N2O2. The summed E-state index contributed by atoms with van der Waals surface area (Å²) in [6.45, 7) is 0. The lowest BCUT2D eigenvalue weighted by Gasteiger charge is -2.26. The molecule has 0 unspecified atom stereocenters. The Labute approximate surface area is 76.1 Å². The number of hydrogen-bond acceptors (Lipinski definition) is 3. The van der Waals surface area contributed by atoms with Crippen molar-refractivity contribution in [3.05, 3.63) is 17.9 Å². The second-order valence-corrected chi connectivity index (χ2v) is 3.30. The maximum absolute atomic E-state index is 11.5. The van der Waals surface area contributed by atoms with Gasteiger partial charge in [-0.15, -0.1) is 0 Å². The van der Waals surface area contributed by atoms with Crippen molar-refractivity contribution in [3.63, 3.8) is 0 Å². The Bertz CT molecular complexity index is 315. The molecule has 1 heterocycles. The zero-order valence-corrected chi connectivity index (χ0v) is 7.25. The van der Waals surface area contributed by atoms with Crippen LogP contribution in [0, 0.1) is 0 Å². The molecule has 70 valence electrons. The van der Waals surface area contributed by atoms with Gasteiger partial charge in [-0.3, -0.25) is 4.79 Å². The highest BCUT2D eigenvalue weighted by molar-refractivity contribution is 5.98. The average Bonchev–Trinajstić information content (AvgIpc) is 2.43. The van der Waals surface area contributed by atoms with E-state index in [1.165, 1.54) is 12.7 Å². The number of nitrogen functional groups attached to an aromatic ring is 1. The summed E-state index contributed by atoms with van der Waals surface area (Å²) in [5.41, 5.74) is 5.89. The van der Waals surface area contributed by atoms with Crippen LogP contribution in [-0.4, -0.2) is 11.9 Å². The molecule has 0 aromatic carbocycles. The van der Waals surface area contributed by atoms with Gasteiger partial charge in [-0.2, -0.15) is 0 Å². The molecule has 1 aromatic heterocycles. The molecule has 1 aliphatic rings. The van der Waals surface area contributed by atoms with Crippen molar-refractivity contribution in [1.29, 1.82) is 0 Å². The van der Waals surface area contributed by atoms with Gasteiger partial charge < -0.3 is 15.5 Å². The third-order valence-corrected chi connectivity index (χ3v) is 2.38. The molecule has 4 nitrogen and oxygen atoms in total. The molecule has 1 saturated carbocycles.